The fraction of sp³-hybridized carbons (Fsp3) is 0.632. The van der Waals surface area contributed by atoms with E-state index in [9.17, 15) is 13.2 Å². The van der Waals surface area contributed by atoms with Gasteiger partial charge in [-0.2, -0.15) is 4.31 Å². The third kappa shape index (κ3) is 6.07. The quantitative estimate of drug-likeness (QED) is 0.606. The number of hydrogen-bond donors (Lipinski definition) is 1. The molecule has 0 aromatic heterocycles. The average molecular weight is 433 g/mol. The van der Waals surface area contributed by atoms with Gasteiger partial charge in [0.2, 0.25) is 15.9 Å². The molecule has 0 spiro atoms. The Bertz CT molecular complexity index is 762. The summed E-state index contributed by atoms with van der Waals surface area (Å²) >= 11 is 5.97. The lowest BCUT2D eigenvalue weighted by Crippen LogP contribution is -2.43. The largest absolute Gasteiger partial charge is 0.495 e. The van der Waals surface area contributed by atoms with Gasteiger partial charge in [-0.1, -0.05) is 11.6 Å². The van der Waals surface area contributed by atoms with Crippen LogP contribution >= 0.6 is 11.6 Å². The van der Waals surface area contributed by atoms with Crippen molar-refractivity contribution in [3.05, 3.63) is 23.2 Å². The highest BCUT2D eigenvalue weighted by molar-refractivity contribution is 7.89. The van der Waals surface area contributed by atoms with Crippen molar-refractivity contribution in [2.45, 2.75) is 44.1 Å². The van der Waals surface area contributed by atoms with Crippen molar-refractivity contribution in [1.29, 1.82) is 0 Å². The fourth-order valence-corrected chi connectivity index (χ4v) is 4.98. The number of halogens is 1. The van der Waals surface area contributed by atoms with Gasteiger partial charge >= 0.3 is 0 Å². The van der Waals surface area contributed by atoms with Gasteiger partial charge < -0.3 is 14.8 Å². The van der Waals surface area contributed by atoms with Crippen LogP contribution in [0.2, 0.25) is 5.02 Å². The normalized spacial score (nSPS) is 16.3. The molecule has 1 amide bonds. The van der Waals surface area contributed by atoms with Crippen LogP contribution in [0.25, 0.3) is 0 Å². The Morgan fingerprint density at radius 1 is 1.32 bits per heavy atom. The SMILES string of the molecule is COc1ccc(Cl)cc1S(=O)(=O)N1CCC(C(=O)NCCCOC(C)C)CC1. The van der Waals surface area contributed by atoms with Gasteiger partial charge in [0.25, 0.3) is 0 Å². The minimum Gasteiger partial charge on any atom is -0.495 e. The highest BCUT2D eigenvalue weighted by Crippen LogP contribution is 2.31. The Morgan fingerprint density at radius 2 is 2.00 bits per heavy atom. The van der Waals surface area contributed by atoms with Gasteiger partial charge in [-0.25, -0.2) is 8.42 Å². The molecule has 7 nitrogen and oxygen atoms in total. The molecule has 0 bridgehead atoms. The summed E-state index contributed by atoms with van der Waals surface area (Å²) in [6, 6.07) is 4.52. The van der Waals surface area contributed by atoms with Gasteiger partial charge in [-0.3, -0.25) is 4.79 Å². The molecule has 1 saturated heterocycles. The first-order valence-electron chi connectivity index (χ1n) is 9.48. The number of nitrogens with zero attached hydrogens (tertiary/aromatic N) is 1. The number of carbonyl (C=O) groups excluding carboxylic acids is 1. The van der Waals surface area contributed by atoms with Crippen LogP contribution in [0.15, 0.2) is 23.1 Å². The third-order valence-corrected chi connectivity index (χ3v) is 6.79. The van der Waals surface area contributed by atoms with Crippen molar-refractivity contribution in [3.8, 4) is 5.75 Å². The summed E-state index contributed by atoms with van der Waals surface area (Å²) in [6.07, 6.45) is 1.90. The molecule has 0 aliphatic carbocycles. The minimum atomic E-state index is -3.73. The fourth-order valence-electron chi connectivity index (χ4n) is 3.10. The molecule has 158 valence electrons. The van der Waals surface area contributed by atoms with Crippen LogP contribution in [-0.4, -0.2) is 58.1 Å². The van der Waals surface area contributed by atoms with E-state index >= 15 is 0 Å². The molecule has 1 fully saturated rings. The first-order chi connectivity index (χ1) is 13.3. The zero-order valence-electron chi connectivity index (χ0n) is 16.6. The van der Waals surface area contributed by atoms with Gasteiger partial charge in [-0.15, -0.1) is 0 Å². The molecule has 28 heavy (non-hydrogen) atoms. The smallest absolute Gasteiger partial charge is 0.246 e. The molecular weight excluding hydrogens is 404 g/mol. The number of hydrogen-bond acceptors (Lipinski definition) is 5. The standard InChI is InChI=1S/C19H29ClN2O5S/c1-14(2)27-12-4-9-21-19(23)15-7-10-22(11-8-15)28(24,25)18-13-16(20)5-6-17(18)26-3/h5-6,13-15H,4,7-12H2,1-3H3,(H,21,23). The van der Waals surface area contributed by atoms with Gasteiger partial charge in [0.1, 0.15) is 10.6 Å². The number of piperidine rings is 1. The van der Waals surface area contributed by atoms with Gasteiger partial charge in [0.15, 0.2) is 0 Å². The number of nitrogens with one attached hydrogen (secondary N) is 1. The number of methoxy groups -OCH3 is 1. The van der Waals surface area contributed by atoms with Crippen molar-refractivity contribution in [2.24, 2.45) is 5.92 Å². The Balaban J connectivity index is 1.89. The highest BCUT2D eigenvalue weighted by atomic mass is 35.5. The predicted molar refractivity (Wildman–Crippen MR) is 108 cm³/mol. The molecule has 1 N–H and O–H groups in total. The molecule has 1 aromatic rings. The van der Waals surface area contributed by atoms with E-state index in [0.717, 1.165) is 6.42 Å². The third-order valence-electron chi connectivity index (χ3n) is 4.64. The molecule has 1 aliphatic rings. The van der Waals surface area contributed by atoms with E-state index in [2.05, 4.69) is 5.32 Å². The van der Waals surface area contributed by atoms with Crippen LogP contribution in [0, 0.1) is 5.92 Å². The van der Waals surface area contributed by atoms with Crippen molar-refractivity contribution < 1.29 is 22.7 Å². The van der Waals surface area contributed by atoms with E-state index in [0.29, 0.717) is 31.0 Å². The van der Waals surface area contributed by atoms with E-state index in [1.807, 2.05) is 13.8 Å². The number of sulfonamides is 1. The lowest BCUT2D eigenvalue weighted by Gasteiger charge is -2.31. The van der Waals surface area contributed by atoms with Crippen molar-refractivity contribution in [2.75, 3.05) is 33.4 Å². The number of amides is 1. The summed E-state index contributed by atoms with van der Waals surface area (Å²) in [5.41, 5.74) is 0. The van der Waals surface area contributed by atoms with Crippen LogP contribution in [-0.2, 0) is 19.6 Å². The van der Waals surface area contributed by atoms with Crippen LogP contribution in [0.5, 0.6) is 5.75 Å². The van der Waals surface area contributed by atoms with Gasteiger partial charge in [0, 0.05) is 37.2 Å². The number of benzene rings is 1. The Morgan fingerprint density at radius 3 is 2.61 bits per heavy atom. The summed E-state index contributed by atoms with van der Waals surface area (Å²) in [5, 5.41) is 3.24. The monoisotopic (exact) mass is 432 g/mol. The molecule has 1 heterocycles. The van der Waals surface area contributed by atoms with Gasteiger partial charge in [0.05, 0.1) is 13.2 Å². The molecule has 9 heteroatoms. The lowest BCUT2D eigenvalue weighted by molar-refractivity contribution is -0.126. The first kappa shape index (κ1) is 22.9. The maximum Gasteiger partial charge on any atom is 0.246 e. The van der Waals surface area contributed by atoms with Crippen LogP contribution in [0.4, 0.5) is 0 Å². The van der Waals surface area contributed by atoms with Gasteiger partial charge in [-0.05, 0) is 51.3 Å². The maximum absolute atomic E-state index is 13.0. The average Bonchev–Trinajstić information content (AvgIpc) is 2.67. The number of carbonyl (C=O) groups is 1. The van der Waals surface area contributed by atoms with Crippen molar-refractivity contribution in [3.63, 3.8) is 0 Å². The van der Waals surface area contributed by atoms with E-state index < -0.39 is 10.0 Å². The zero-order valence-corrected chi connectivity index (χ0v) is 18.2. The number of ether oxygens (including phenoxy) is 2. The second kappa shape index (κ2) is 10.4. The summed E-state index contributed by atoms with van der Waals surface area (Å²) in [6.45, 7) is 5.68. The minimum absolute atomic E-state index is 0.0260. The summed E-state index contributed by atoms with van der Waals surface area (Å²) in [7, 11) is -2.31. The van der Waals surface area contributed by atoms with Crippen molar-refractivity contribution in [1.82, 2.24) is 9.62 Å². The zero-order chi connectivity index (χ0) is 20.7. The molecule has 0 saturated carbocycles. The molecule has 1 aromatic carbocycles. The molecule has 1 aliphatic heterocycles. The second-order valence-electron chi connectivity index (χ2n) is 7.04. The summed E-state index contributed by atoms with van der Waals surface area (Å²) < 4.78 is 37.9. The lowest BCUT2D eigenvalue weighted by atomic mass is 9.97. The Kier molecular flexibility index (Phi) is 8.55. The van der Waals surface area contributed by atoms with Crippen LogP contribution < -0.4 is 10.1 Å². The second-order valence-corrected chi connectivity index (χ2v) is 9.38. The van der Waals surface area contributed by atoms with E-state index in [1.54, 1.807) is 12.1 Å². The number of rotatable bonds is 9. The van der Waals surface area contributed by atoms with E-state index in [1.165, 1.54) is 17.5 Å². The van der Waals surface area contributed by atoms with E-state index in [4.69, 9.17) is 21.1 Å². The van der Waals surface area contributed by atoms with Crippen LogP contribution in [0.3, 0.4) is 0 Å². The summed E-state index contributed by atoms with van der Waals surface area (Å²) in [4.78, 5) is 12.4. The molecule has 0 radical (unpaired) electrons. The Hall–Kier alpha value is -1.35. The topological polar surface area (TPSA) is 84.9 Å². The Labute approximate surface area is 172 Å². The summed E-state index contributed by atoms with van der Waals surface area (Å²) in [5.74, 6) is 0.0496. The maximum atomic E-state index is 13.0. The molecule has 2 rings (SSSR count). The van der Waals surface area contributed by atoms with E-state index in [-0.39, 0.29) is 41.7 Å². The van der Waals surface area contributed by atoms with Crippen LogP contribution in [0.1, 0.15) is 33.1 Å². The van der Waals surface area contributed by atoms with Crippen molar-refractivity contribution >= 4 is 27.5 Å². The predicted octanol–water partition coefficient (Wildman–Crippen LogP) is 2.68. The first-order valence-corrected chi connectivity index (χ1v) is 11.3. The molecule has 0 unspecified atom stereocenters. The molecule has 0 atom stereocenters. The highest BCUT2D eigenvalue weighted by Gasteiger charge is 2.33. The molecular formula is C19H29ClN2O5S.